The zero-order valence-electron chi connectivity index (χ0n) is 11.2. The summed E-state index contributed by atoms with van der Waals surface area (Å²) in [5, 5.41) is 0. The van der Waals surface area contributed by atoms with Crippen LogP contribution in [0.5, 0.6) is 5.75 Å². The van der Waals surface area contributed by atoms with Gasteiger partial charge in [0.05, 0.1) is 13.3 Å². The number of aliphatic imine (C=N–C) groups is 1. The molecule has 0 amide bonds. The van der Waals surface area contributed by atoms with Crippen LogP contribution in [0.2, 0.25) is 0 Å². The lowest BCUT2D eigenvalue weighted by Gasteiger charge is -2.05. The maximum atomic E-state index is 5.30. The van der Waals surface area contributed by atoms with E-state index in [2.05, 4.69) is 21.0 Å². The molecule has 2 aromatic rings. The second kappa shape index (κ2) is 6.64. The Hall–Kier alpha value is -2.23. The normalized spacial score (nSPS) is 10.8. The molecule has 1 aromatic heterocycles. The van der Waals surface area contributed by atoms with Gasteiger partial charge in [0.15, 0.2) is 5.82 Å². The summed E-state index contributed by atoms with van der Waals surface area (Å²) in [4.78, 5) is 12.7. The van der Waals surface area contributed by atoms with Gasteiger partial charge in [-0.2, -0.15) is 0 Å². The summed E-state index contributed by atoms with van der Waals surface area (Å²) in [6.45, 7) is 2.65. The molecule has 98 valence electrons. The number of para-hydroxylation sites is 1. The molecule has 0 aliphatic carbocycles. The zero-order valence-corrected chi connectivity index (χ0v) is 11.2. The Balaban J connectivity index is 1.91. The number of benzene rings is 1. The Kier molecular flexibility index (Phi) is 4.61. The van der Waals surface area contributed by atoms with Gasteiger partial charge in [-0.25, -0.2) is 9.97 Å². The summed E-state index contributed by atoms with van der Waals surface area (Å²) >= 11 is 0. The molecule has 0 aliphatic heterocycles. The lowest BCUT2D eigenvalue weighted by atomic mass is 10.1. The summed E-state index contributed by atoms with van der Waals surface area (Å²) < 4.78 is 5.30. The van der Waals surface area contributed by atoms with Gasteiger partial charge >= 0.3 is 0 Å². The van der Waals surface area contributed by atoms with Crippen molar-refractivity contribution in [3.05, 3.63) is 53.6 Å². The highest BCUT2D eigenvalue weighted by atomic mass is 16.5. The lowest BCUT2D eigenvalue weighted by Crippen LogP contribution is -1.97. The van der Waals surface area contributed by atoms with Gasteiger partial charge < -0.3 is 4.74 Å². The fourth-order valence-corrected chi connectivity index (χ4v) is 1.71. The fourth-order valence-electron chi connectivity index (χ4n) is 1.71. The number of nitrogens with zero attached hydrogens (tertiary/aromatic N) is 3. The third kappa shape index (κ3) is 3.88. The Morgan fingerprint density at radius 3 is 2.68 bits per heavy atom. The molecule has 2 rings (SSSR count). The molecule has 0 radical (unpaired) electrons. The van der Waals surface area contributed by atoms with Crippen molar-refractivity contribution in [2.24, 2.45) is 4.99 Å². The summed E-state index contributed by atoms with van der Waals surface area (Å²) in [5.41, 5.74) is 2.21. The Labute approximate surface area is 113 Å². The Morgan fingerprint density at radius 2 is 1.95 bits per heavy atom. The number of aromatic nitrogens is 2. The summed E-state index contributed by atoms with van der Waals surface area (Å²) in [7, 11) is 1.68. The van der Waals surface area contributed by atoms with Gasteiger partial charge in [0.2, 0.25) is 0 Å². The van der Waals surface area contributed by atoms with Crippen LogP contribution in [0.1, 0.15) is 17.0 Å². The minimum absolute atomic E-state index is 0.644. The van der Waals surface area contributed by atoms with Crippen molar-refractivity contribution in [3.63, 3.8) is 0 Å². The Morgan fingerprint density at radius 1 is 1.21 bits per heavy atom. The largest absolute Gasteiger partial charge is 0.496 e. The average molecular weight is 255 g/mol. The number of hydrogen-bond acceptors (Lipinski definition) is 4. The van der Waals surface area contributed by atoms with Crippen LogP contribution in [0, 0.1) is 6.92 Å². The predicted molar refractivity (Wildman–Crippen MR) is 75.9 cm³/mol. The maximum Gasteiger partial charge on any atom is 0.170 e. The SMILES string of the molecule is COc1ccccc1CCN=Cc1ncc(C)cn1. The van der Waals surface area contributed by atoms with E-state index in [1.165, 1.54) is 0 Å². The van der Waals surface area contributed by atoms with Crippen molar-refractivity contribution in [1.29, 1.82) is 0 Å². The van der Waals surface area contributed by atoms with Crippen LogP contribution >= 0.6 is 0 Å². The van der Waals surface area contributed by atoms with Crippen LogP contribution in [0.25, 0.3) is 0 Å². The molecular formula is C15H17N3O. The van der Waals surface area contributed by atoms with Crippen molar-refractivity contribution in [1.82, 2.24) is 9.97 Å². The molecule has 0 N–H and O–H groups in total. The van der Waals surface area contributed by atoms with E-state index in [0.29, 0.717) is 12.4 Å². The van der Waals surface area contributed by atoms with Crippen molar-refractivity contribution >= 4 is 6.21 Å². The quantitative estimate of drug-likeness (QED) is 0.771. The molecule has 4 nitrogen and oxygen atoms in total. The van der Waals surface area contributed by atoms with Crippen LogP contribution in [0.4, 0.5) is 0 Å². The minimum atomic E-state index is 0.644. The fraction of sp³-hybridized carbons (Fsp3) is 0.267. The van der Waals surface area contributed by atoms with Gasteiger partial charge in [-0.05, 0) is 30.5 Å². The standard InChI is InChI=1S/C15H17N3O/c1-12-9-17-15(18-10-12)11-16-8-7-13-5-3-4-6-14(13)19-2/h3-6,9-11H,7-8H2,1-2H3. The number of rotatable bonds is 5. The third-order valence-electron chi connectivity index (χ3n) is 2.71. The zero-order chi connectivity index (χ0) is 13.5. The van der Waals surface area contributed by atoms with Crippen LogP contribution in [0.3, 0.4) is 0 Å². The van der Waals surface area contributed by atoms with Gasteiger partial charge in [-0.3, -0.25) is 4.99 Å². The van der Waals surface area contributed by atoms with Gasteiger partial charge in [-0.15, -0.1) is 0 Å². The predicted octanol–water partition coefficient (Wildman–Crippen LogP) is 2.46. The van der Waals surface area contributed by atoms with Crippen molar-refractivity contribution in [2.75, 3.05) is 13.7 Å². The van der Waals surface area contributed by atoms with E-state index < -0.39 is 0 Å². The maximum absolute atomic E-state index is 5.30. The van der Waals surface area contributed by atoms with E-state index in [1.54, 1.807) is 25.7 Å². The first kappa shape index (κ1) is 13.2. The molecule has 19 heavy (non-hydrogen) atoms. The van der Waals surface area contributed by atoms with Gasteiger partial charge in [-0.1, -0.05) is 18.2 Å². The molecule has 0 bridgehead atoms. The first-order chi connectivity index (χ1) is 9.29. The van der Waals surface area contributed by atoms with Crippen molar-refractivity contribution in [2.45, 2.75) is 13.3 Å². The molecule has 0 saturated heterocycles. The van der Waals surface area contributed by atoms with Crippen molar-refractivity contribution < 1.29 is 4.74 Å². The van der Waals surface area contributed by atoms with E-state index in [0.717, 1.165) is 23.3 Å². The van der Waals surface area contributed by atoms with Crippen LogP contribution in [-0.2, 0) is 6.42 Å². The van der Waals surface area contributed by atoms with E-state index in [9.17, 15) is 0 Å². The minimum Gasteiger partial charge on any atom is -0.496 e. The number of aryl methyl sites for hydroxylation is 1. The monoisotopic (exact) mass is 255 g/mol. The summed E-state index contributed by atoms with van der Waals surface area (Å²) in [5.74, 6) is 1.55. The number of hydrogen-bond donors (Lipinski definition) is 0. The van der Waals surface area contributed by atoms with E-state index in [4.69, 9.17) is 4.74 Å². The summed E-state index contributed by atoms with van der Waals surface area (Å²) in [6.07, 6.45) is 6.12. The van der Waals surface area contributed by atoms with Crippen LogP contribution in [-0.4, -0.2) is 29.8 Å². The molecule has 0 aliphatic rings. The molecule has 1 aromatic carbocycles. The second-order valence-electron chi connectivity index (χ2n) is 4.22. The van der Waals surface area contributed by atoms with Gasteiger partial charge in [0.25, 0.3) is 0 Å². The average Bonchev–Trinajstić information content (AvgIpc) is 2.46. The molecule has 0 saturated carbocycles. The number of ether oxygens (including phenoxy) is 1. The van der Waals surface area contributed by atoms with Crippen molar-refractivity contribution in [3.8, 4) is 5.75 Å². The highest BCUT2D eigenvalue weighted by Crippen LogP contribution is 2.17. The summed E-state index contributed by atoms with van der Waals surface area (Å²) in [6, 6.07) is 7.98. The van der Waals surface area contributed by atoms with E-state index >= 15 is 0 Å². The molecule has 0 atom stereocenters. The van der Waals surface area contributed by atoms with Gasteiger partial charge in [0, 0.05) is 18.9 Å². The molecule has 0 unspecified atom stereocenters. The highest BCUT2D eigenvalue weighted by molar-refractivity contribution is 5.74. The number of methoxy groups -OCH3 is 1. The van der Waals surface area contributed by atoms with Crippen LogP contribution < -0.4 is 4.74 Å². The van der Waals surface area contributed by atoms with Crippen LogP contribution in [0.15, 0.2) is 41.7 Å². The Bertz CT molecular complexity index is 550. The topological polar surface area (TPSA) is 47.4 Å². The van der Waals surface area contributed by atoms with E-state index in [1.807, 2.05) is 25.1 Å². The smallest absolute Gasteiger partial charge is 0.170 e. The highest BCUT2D eigenvalue weighted by Gasteiger charge is 1.99. The molecule has 0 fully saturated rings. The first-order valence-electron chi connectivity index (χ1n) is 6.20. The lowest BCUT2D eigenvalue weighted by molar-refractivity contribution is 0.410. The molecule has 0 spiro atoms. The second-order valence-corrected chi connectivity index (χ2v) is 4.22. The first-order valence-corrected chi connectivity index (χ1v) is 6.20. The molecular weight excluding hydrogens is 238 g/mol. The third-order valence-corrected chi connectivity index (χ3v) is 2.71. The van der Waals surface area contributed by atoms with E-state index in [-0.39, 0.29) is 0 Å². The molecule has 4 heteroatoms. The molecule has 1 heterocycles. The van der Waals surface area contributed by atoms with Gasteiger partial charge in [0.1, 0.15) is 5.75 Å².